The number of hydrogen-bond acceptors (Lipinski definition) is 3. The molecular weight excluding hydrogens is 155 g/mol. The summed E-state index contributed by atoms with van der Waals surface area (Å²) in [6.07, 6.45) is 0. The Morgan fingerprint density at radius 3 is 2.67 bits per heavy atom. The molecule has 0 aromatic carbocycles. The van der Waals surface area contributed by atoms with Crippen molar-refractivity contribution in [2.24, 2.45) is 0 Å². The molecule has 1 saturated heterocycles. The smallest absolute Gasteiger partial charge is 1.00 e. The largest absolute Gasteiger partial charge is 1.00 e. The van der Waals surface area contributed by atoms with Crippen molar-refractivity contribution in [3.8, 4) is 0 Å². The Kier molecular flexibility index (Phi) is 5.33. The van der Waals surface area contributed by atoms with Crippen LogP contribution in [-0.4, -0.2) is 27.6 Å². The Hall–Kier alpha value is 1.03. The summed E-state index contributed by atoms with van der Waals surface area (Å²) < 4.78 is 27.7. The minimum atomic E-state index is -1.89. The Labute approximate surface area is 79.0 Å². The second-order valence-electron chi connectivity index (χ2n) is 1.36. The molecule has 6 heteroatoms. The Morgan fingerprint density at radius 1 is 1.78 bits per heavy atom. The molecule has 0 aromatic rings. The summed E-state index contributed by atoms with van der Waals surface area (Å²) in [6, 6.07) is 0. The van der Waals surface area contributed by atoms with Gasteiger partial charge < -0.3 is 15.5 Å². The van der Waals surface area contributed by atoms with Crippen LogP contribution in [0.2, 0.25) is 0 Å². The first-order valence-corrected chi connectivity index (χ1v) is 3.26. The number of hydrogen-bond donors (Lipinski definition) is 1. The van der Waals surface area contributed by atoms with E-state index in [1.54, 1.807) is 0 Å². The normalized spacial score (nSPS) is 29.2. The van der Waals surface area contributed by atoms with Crippen molar-refractivity contribution >= 4 is 11.1 Å². The van der Waals surface area contributed by atoms with E-state index < -0.39 is 16.5 Å². The number of rotatable bonds is 1. The van der Waals surface area contributed by atoms with Crippen LogP contribution in [0, 0.1) is 0 Å². The van der Waals surface area contributed by atoms with Gasteiger partial charge in [0.15, 0.2) is 16.5 Å². The van der Waals surface area contributed by atoms with Crippen LogP contribution in [0.1, 0.15) is 1.43 Å². The van der Waals surface area contributed by atoms with Gasteiger partial charge in [0, 0.05) is 0 Å². The zero-order valence-corrected chi connectivity index (χ0v) is 7.89. The maximum absolute atomic E-state index is 10.1. The van der Waals surface area contributed by atoms with E-state index in [1.807, 2.05) is 0 Å². The number of ether oxygens (including phenoxy) is 2. The standard InChI is InChI=1S/C3H6O4S.Na.H/c4-8(5)3-1-6-2-7-3;;/h3H,1-2H2,(H,4,5);;/q;+1;-1. The van der Waals surface area contributed by atoms with Gasteiger partial charge in [-0.3, -0.25) is 0 Å². The van der Waals surface area contributed by atoms with Crippen molar-refractivity contribution in [3.05, 3.63) is 0 Å². The van der Waals surface area contributed by atoms with Crippen molar-refractivity contribution in [1.82, 2.24) is 0 Å². The molecule has 1 aliphatic heterocycles. The van der Waals surface area contributed by atoms with Crippen LogP contribution >= 0.6 is 0 Å². The average Bonchev–Trinajstić information content (AvgIpc) is 2.12. The fourth-order valence-electron chi connectivity index (χ4n) is 0.433. The molecule has 0 amide bonds. The summed E-state index contributed by atoms with van der Waals surface area (Å²) in [6.45, 7) is 0.361. The second kappa shape index (κ2) is 4.79. The molecule has 50 valence electrons. The molecule has 1 rings (SSSR count). The molecule has 0 aromatic heterocycles. The maximum atomic E-state index is 10.1. The van der Waals surface area contributed by atoms with Gasteiger partial charge in [-0.25, -0.2) is 4.21 Å². The van der Waals surface area contributed by atoms with E-state index in [0.717, 1.165) is 0 Å². The Bertz CT molecular complexity index is 107. The molecule has 9 heavy (non-hydrogen) atoms. The van der Waals surface area contributed by atoms with Gasteiger partial charge in [-0.05, 0) is 0 Å². The topological polar surface area (TPSA) is 55.8 Å². The predicted molar refractivity (Wildman–Crippen MR) is 27.6 cm³/mol. The summed E-state index contributed by atoms with van der Waals surface area (Å²) >= 11 is -1.89. The molecule has 0 aliphatic carbocycles. The zero-order chi connectivity index (χ0) is 5.98. The summed E-state index contributed by atoms with van der Waals surface area (Å²) in [4.78, 5) is 0. The zero-order valence-electron chi connectivity index (χ0n) is 6.07. The molecule has 1 heterocycles. The van der Waals surface area contributed by atoms with E-state index in [9.17, 15) is 4.21 Å². The van der Waals surface area contributed by atoms with Crippen molar-refractivity contribution in [3.63, 3.8) is 0 Å². The van der Waals surface area contributed by atoms with Gasteiger partial charge >= 0.3 is 29.6 Å². The van der Waals surface area contributed by atoms with Gasteiger partial charge in [0.2, 0.25) is 0 Å². The third-order valence-electron chi connectivity index (χ3n) is 0.816. The van der Waals surface area contributed by atoms with Crippen LogP contribution in [0.4, 0.5) is 0 Å². The molecule has 2 unspecified atom stereocenters. The average molecular weight is 162 g/mol. The first kappa shape index (κ1) is 10.0. The molecule has 2 atom stereocenters. The first-order valence-electron chi connectivity index (χ1n) is 2.09. The molecule has 0 saturated carbocycles. The van der Waals surface area contributed by atoms with Gasteiger partial charge in [-0.15, -0.1) is 0 Å². The maximum Gasteiger partial charge on any atom is 1.00 e. The van der Waals surface area contributed by atoms with Gasteiger partial charge in [0.05, 0.1) is 6.61 Å². The van der Waals surface area contributed by atoms with E-state index in [1.165, 1.54) is 0 Å². The molecule has 1 N–H and O–H groups in total. The molecule has 1 fully saturated rings. The molecular formula is C3H7NaO4S. The van der Waals surface area contributed by atoms with Crippen LogP contribution in [0.5, 0.6) is 0 Å². The van der Waals surface area contributed by atoms with Crippen LogP contribution in [0.3, 0.4) is 0 Å². The monoisotopic (exact) mass is 162 g/mol. The van der Waals surface area contributed by atoms with E-state index in [2.05, 4.69) is 9.47 Å². The summed E-state index contributed by atoms with van der Waals surface area (Å²) in [5.41, 5.74) is -0.630. The van der Waals surface area contributed by atoms with Crippen molar-refractivity contribution in [2.75, 3.05) is 13.4 Å². The Morgan fingerprint density at radius 2 is 2.44 bits per heavy atom. The van der Waals surface area contributed by atoms with Crippen LogP contribution in [0.15, 0.2) is 0 Å². The van der Waals surface area contributed by atoms with Crippen LogP contribution in [-0.2, 0) is 20.6 Å². The SMILES string of the molecule is O=S(O)C1COCO1.[H-].[Na+]. The van der Waals surface area contributed by atoms with Crippen molar-refractivity contribution < 1.29 is 49.2 Å². The van der Waals surface area contributed by atoms with Gasteiger partial charge in [0.1, 0.15) is 6.79 Å². The Balaban J connectivity index is 0. The van der Waals surface area contributed by atoms with E-state index in [-0.39, 0.29) is 44.4 Å². The third-order valence-corrected chi connectivity index (χ3v) is 1.54. The van der Waals surface area contributed by atoms with Gasteiger partial charge in [-0.1, -0.05) is 0 Å². The van der Waals surface area contributed by atoms with Gasteiger partial charge in [0.25, 0.3) is 0 Å². The summed E-state index contributed by atoms with van der Waals surface area (Å²) in [7, 11) is 0. The van der Waals surface area contributed by atoms with E-state index in [0.29, 0.717) is 0 Å². The van der Waals surface area contributed by atoms with Crippen molar-refractivity contribution in [1.29, 1.82) is 0 Å². The minimum Gasteiger partial charge on any atom is -1.00 e. The van der Waals surface area contributed by atoms with Crippen molar-refractivity contribution in [2.45, 2.75) is 5.44 Å². The molecule has 0 bridgehead atoms. The molecule has 0 radical (unpaired) electrons. The van der Waals surface area contributed by atoms with Gasteiger partial charge in [-0.2, -0.15) is 0 Å². The minimum absolute atomic E-state index is 0. The summed E-state index contributed by atoms with van der Waals surface area (Å²) in [5, 5.41) is 0. The second-order valence-corrected chi connectivity index (χ2v) is 2.44. The van der Waals surface area contributed by atoms with E-state index >= 15 is 0 Å². The quantitative estimate of drug-likeness (QED) is 0.323. The first-order chi connectivity index (χ1) is 3.80. The van der Waals surface area contributed by atoms with Crippen LogP contribution < -0.4 is 29.6 Å². The van der Waals surface area contributed by atoms with E-state index in [4.69, 9.17) is 4.55 Å². The fraction of sp³-hybridized carbons (Fsp3) is 1.00. The summed E-state index contributed by atoms with van der Waals surface area (Å²) in [5.74, 6) is 0. The molecule has 4 nitrogen and oxygen atoms in total. The molecule has 0 spiro atoms. The van der Waals surface area contributed by atoms with Crippen LogP contribution in [0.25, 0.3) is 0 Å². The third kappa shape index (κ3) is 3.08. The predicted octanol–water partition coefficient (Wildman–Crippen LogP) is -3.34. The fourth-order valence-corrected chi connectivity index (χ4v) is 0.817. The molecule has 1 aliphatic rings.